The largest absolute Gasteiger partial charge is 0.384 e. The lowest BCUT2D eigenvalue weighted by atomic mass is 9.96. The number of hydrogen-bond acceptors (Lipinski definition) is 4. The molecule has 0 radical (unpaired) electrons. The van der Waals surface area contributed by atoms with Crippen LogP contribution in [0.3, 0.4) is 0 Å². The topological polar surface area (TPSA) is 75.4 Å². The van der Waals surface area contributed by atoms with Crippen molar-refractivity contribution in [1.82, 2.24) is 10.5 Å². The Morgan fingerprint density at radius 1 is 1.50 bits per heavy atom. The highest BCUT2D eigenvalue weighted by atomic mass is 35.5. The molecule has 0 aliphatic carbocycles. The van der Waals surface area contributed by atoms with E-state index in [1.54, 1.807) is 38.1 Å². The zero-order valence-corrected chi connectivity index (χ0v) is 11.9. The lowest BCUT2D eigenvalue weighted by Crippen LogP contribution is -2.38. The number of benzene rings is 1. The summed E-state index contributed by atoms with van der Waals surface area (Å²) in [5, 5.41) is 17.1. The molecule has 20 heavy (non-hydrogen) atoms. The van der Waals surface area contributed by atoms with E-state index in [0.29, 0.717) is 16.3 Å². The van der Waals surface area contributed by atoms with E-state index in [2.05, 4.69) is 10.5 Å². The van der Waals surface area contributed by atoms with Gasteiger partial charge in [0, 0.05) is 16.7 Å². The van der Waals surface area contributed by atoms with Gasteiger partial charge in [-0.25, -0.2) is 0 Å². The summed E-state index contributed by atoms with van der Waals surface area (Å²) < 4.78 is 4.83. The Morgan fingerprint density at radius 2 is 2.20 bits per heavy atom. The third kappa shape index (κ3) is 3.18. The highest BCUT2D eigenvalue weighted by molar-refractivity contribution is 6.31. The Bertz CT molecular complexity index is 622. The predicted octanol–water partition coefficient (Wildman–Crippen LogP) is 2.27. The van der Waals surface area contributed by atoms with Crippen LogP contribution in [0.2, 0.25) is 5.02 Å². The first kappa shape index (κ1) is 14.6. The van der Waals surface area contributed by atoms with Crippen LogP contribution in [0.15, 0.2) is 34.9 Å². The van der Waals surface area contributed by atoms with Crippen LogP contribution in [0.5, 0.6) is 0 Å². The summed E-state index contributed by atoms with van der Waals surface area (Å²) in [5.74, 6) is 0.141. The lowest BCUT2D eigenvalue weighted by Gasteiger charge is -2.25. The standard InChI is InChI=1S/C14H15ClN2O3/c1-9-7-12(17-20-9)13(18)16-8-14(2,19)10-5-3-4-6-11(10)15/h3-7,19H,8H2,1-2H3,(H,16,18)/t14-/m1/s1. The lowest BCUT2D eigenvalue weighted by molar-refractivity contribution is 0.0524. The van der Waals surface area contributed by atoms with Gasteiger partial charge in [-0.05, 0) is 19.9 Å². The van der Waals surface area contributed by atoms with Crippen molar-refractivity contribution in [2.45, 2.75) is 19.4 Å². The monoisotopic (exact) mass is 294 g/mol. The normalized spacial score (nSPS) is 13.8. The number of aromatic nitrogens is 1. The number of carbonyl (C=O) groups is 1. The van der Waals surface area contributed by atoms with E-state index in [1.807, 2.05) is 0 Å². The first-order valence-corrected chi connectivity index (χ1v) is 6.47. The van der Waals surface area contributed by atoms with E-state index >= 15 is 0 Å². The molecule has 5 nitrogen and oxygen atoms in total. The van der Waals surface area contributed by atoms with Gasteiger partial charge in [-0.15, -0.1) is 0 Å². The van der Waals surface area contributed by atoms with Gasteiger partial charge in [0.1, 0.15) is 11.4 Å². The number of aryl methyl sites for hydroxylation is 1. The van der Waals surface area contributed by atoms with Crippen LogP contribution in [0.1, 0.15) is 28.7 Å². The first-order chi connectivity index (χ1) is 9.40. The second kappa shape index (κ2) is 5.64. The molecule has 1 heterocycles. The van der Waals surface area contributed by atoms with E-state index in [4.69, 9.17) is 16.1 Å². The summed E-state index contributed by atoms with van der Waals surface area (Å²) in [6.45, 7) is 3.30. The van der Waals surface area contributed by atoms with Crippen molar-refractivity contribution in [3.8, 4) is 0 Å². The Hall–Kier alpha value is -1.85. The molecule has 1 amide bonds. The summed E-state index contributed by atoms with van der Waals surface area (Å²) in [4.78, 5) is 11.8. The molecule has 106 valence electrons. The van der Waals surface area contributed by atoms with Crippen LogP contribution >= 0.6 is 11.6 Å². The second-order valence-electron chi connectivity index (χ2n) is 4.76. The van der Waals surface area contributed by atoms with Crippen molar-refractivity contribution >= 4 is 17.5 Å². The van der Waals surface area contributed by atoms with Gasteiger partial charge in [0.15, 0.2) is 5.69 Å². The molecule has 2 aromatic rings. The van der Waals surface area contributed by atoms with Crippen LogP contribution in [-0.4, -0.2) is 22.7 Å². The van der Waals surface area contributed by atoms with E-state index < -0.39 is 11.5 Å². The molecule has 0 saturated carbocycles. The summed E-state index contributed by atoms with van der Waals surface area (Å²) in [7, 11) is 0. The number of hydrogen-bond donors (Lipinski definition) is 2. The van der Waals surface area contributed by atoms with Crippen molar-refractivity contribution in [2.24, 2.45) is 0 Å². The third-order valence-electron chi connectivity index (χ3n) is 2.91. The summed E-state index contributed by atoms with van der Waals surface area (Å²) in [5.41, 5.74) is -0.539. The number of nitrogens with one attached hydrogen (secondary N) is 1. The van der Waals surface area contributed by atoms with Gasteiger partial charge in [-0.3, -0.25) is 4.79 Å². The second-order valence-corrected chi connectivity index (χ2v) is 5.17. The molecule has 0 aliphatic heterocycles. The molecule has 0 saturated heterocycles. The van der Waals surface area contributed by atoms with Gasteiger partial charge >= 0.3 is 0 Å². The van der Waals surface area contributed by atoms with Crippen molar-refractivity contribution < 1.29 is 14.4 Å². The maximum Gasteiger partial charge on any atom is 0.273 e. The fourth-order valence-electron chi connectivity index (χ4n) is 1.81. The van der Waals surface area contributed by atoms with Crippen molar-refractivity contribution in [1.29, 1.82) is 0 Å². The molecule has 1 aromatic carbocycles. The van der Waals surface area contributed by atoms with Crippen LogP contribution < -0.4 is 5.32 Å². The van der Waals surface area contributed by atoms with Crippen molar-refractivity contribution in [3.63, 3.8) is 0 Å². The minimum atomic E-state index is -1.27. The number of carbonyl (C=O) groups excluding carboxylic acids is 1. The average Bonchev–Trinajstić information content (AvgIpc) is 2.83. The molecule has 0 spiro atoms. The summed E-state index contributed by atoms with van der Waals surface area (Å²) in [6.07, 6.45) is 0. The van der Waals surface area contributed by atoms with E-state index in [9.17, 15) is 9.90 Å². The Morgan fingerprint density at radius 3 is 2.80 bits per heavy atom. The molecule has 1 aromatic heterocycles. The molecule has 2 rings (SSSR count). The maximum absolute atomic E-state index is 11.8. The molecule has 0 bridgehead atoms. The molecule has 0 fully saturated rings. The fourth-order valence-corrected chi connectivity index (χ4v) is 2.15. The van der Waals surface area contributed by atoms with Gasteiger partial charge < -0.3 is 14.9 Å². The zero-order valence-electron chi connectivity index (χ0n) is 11.2. The number of halogens is 1. The zero-order chi connectivity index (χ0) is 14.8. The SMILES string of the molecule is Cc1cc(C(=O)NC[C@@](C)(O)c2ccccc2Cl)no1. The molecule has 1 atom stereocenters. The van der Waals surface area contributed by atoms with E-state index in [0.717, 1.165) is 0 Å². The molecule has 0 aliphatic rings. The van der Waals surface area contributed by atoms with Crippen molar-refractivity contribution in [3.05, 3.63) is 52.4 Å². The highest BCUT2D eigenvalue weighted by Crippen LogP contribution is 2.27. The quantitative estimate of drug-likeness (QED) is 0.907. The van der Waals surface area contributed by atoms with Gasteiger partial charge in [0.2, 0.25) is 0 Å². The molecule has 2 N–H and O–H groups in total. The fraction of sp³-hybridized carbons (Fsp3) is 0.286. The van der Waals surface area contributed by atoms with Gasteiger partial charge in [0.25, 0.3) is 5.91 Å². The third-order valence-corrected chi connectivity index (χ3v) is 3.24. The Labute approximate surface area is 121 Å². The maximum atomic E-state index is 11.8. The molecular weight excluding hydrogens is 280 g/mol. The number of aliphatic hydroxyl groups is 1. The van der Waals surface area contributed by atoms with Crippen LogP contribution in [0, 0.1) is 6.92 Å². The minimum Gasteiger partial charge on any atom is -0.384 e. The molecule has 0 unspecified atom stereocenters. The smallest absolute Gasteiger partial charge is 0.273 e. The van der Waals surface area contributed by atoms with Gasteiger partial charge in [-0.1, -0.05) is 35.0 Å². The number of rotatable bonds is 4. The Balaban J connectivity index is 2.06. The summed E-state index contributed by atoms with van der Waals surface area (Å²) >= 11 is 6.04. The van der Waals surface area contributed by atoms with E-state index in [1.165, 1.54) is 6.07 Å². The van der Waals surface area contributed by atoms with Gasteiger partial charge in [-0.2, -0.15) is 0 Å². The summed E-state index contributed by atoms with van der Waals surface area (Å²) in [6, 6.07) is 8.49. The molecular formula is C14H15ClN2O3. The number of nitrogens with zero attached hydrogens (tertiary/aromatic N) is 1. The average molecular weight is 295 g/mol. The van der Waals surface area contributed by atoms with Crippen LogP contribution in [0.4, 0.5) is 0 Å². The molecule has 6 heteroatoms. The predicted molar refractivity (Wildman–Crippen MR) is 74.6 cm³/mol. The van der Waals surface area contributed by atoms with Crippen molar-refractivity contribution in [2.75, 3.05) is 6.54 Å². The van der Waals surface area contributed by atoms with Crippen LogP contribution in [0.25, 0.3) is 0 Å². The van der Waals surface area contributed by atoms with Gasteiger partial charge in [0.05, 0.1) is 6.54 Å². The highest BCUT2D eigenvalue weighted by Gasteiger charge is 2.26. The first-order valence-electron chi connectivity index (χ1n) is 6.09. The Kier molecular flexibility index (Phi) is 4.11. The number of amides is 1. The van der Waals surface area contributed by atoms with E-state index in [-0.39, 0.29) is 12.2 Å². The van der Waals surface area contributed by atoms with Crippen LogP contribution in [-0.2, 0) is 5.60 Å². The minimum absolute atomic E-state index is 0.0154.